The maximum atomic E-state index is 12.2. The number of rotatable bonds is 2. The van der Waals surface area contributed by atoms with Crippen molar-refractivity contribution >= 4 is 5.78 Å². The van der Waals surface area contributed by atoms with E-state index in [-0.39, 0.29) is 0 Å². The van der Waals surface area contributed by atoms with Crippen molar-refractivity contribution in [2.75, 3.05) is 32.7 Å². The standard InChI is InChI=1S/C12H19F3N2O/c13-12(14,15)9-16-5-7-17(8-6-16)10-1-3-11(18)4-2-10/h10H,1-9H2. The van der Waals surface area contributed by atoms with E-state index in [0.29, 0.717) is 50.8 Å². The van der Waals surface area contributed by atoms with E-state index >= 15 is 0 Å². The van der Waals surface area contributed by atoms with Gasteiger partial charge in [0, 0.05) is 45.1 Å². The quantitative estimate of drug-likeness (QED) is 0.758. The van der Waals surface area contributed by atoms with Crippen LogP contribution in [0.1, 0.15) is 25.7 Å². The first kappa shape index (κ1) is 13.8. The zero-order valence-electron chi connectivity index (χ0n) is 10.4. The van der Waals surface area contributed by atoms with Gasteiger partial charge in [0.1, 0.15) is 5.78 Å². The molecule has 1 saturated carbocycles. The third-order valence-electron chi connectivity index (χ3n) is 3.84. The fourth-order valence-corrected chi connectivity index (χ4v) is 2.83. The summed E-state index contributed by atoms with van der Waals surface area (Å²) in [4.78, 5) is 14.9. The Labute approximate surface area is 105 Å². The zero-order valence-corrected chi connectivity index (χ0v) is 10.4. The van der Waals surface area contributed by atoms with Crippen LogP contribution in [0.5, 0.6) is 0 Å². The van der Waals surface area contributed by atoms with E-state index < -0.39 is 12.7 Å². The van der Waals surface area contributed by atoms with Crippen molar-refractivity contribution in [3.8, 4) is 0 Å². The van der Waals surface area contributed by atoms with Gasteiger partial charge in [0.2, 0.25) is 0 Å². The van der Waals surface area contributed by atoms with Gasteiger partial charge in [-0.15, -0.1) is 0 Å². The van der Waals surface area contributed by atoms with Crippen molar-refractivity contribution in [3.63, 3.8) is 0 Å². The summed E-state index contributed by atoms with van der Waals surface area (Å²) in [5.41, 5.74) is 0. The van der Waals surface area contributed by atoms with Crippen molar-refractivity contribution in [1.82, 2.24) is 9.80 Å². The minimum Gasteiger partial charge on any atom is -0.300 e. The Morgan fingerprint density at radius 3 is 2.11 bits per heavy atom. The van der Waals surface area contributed by atoms with E-state index in [9.17, 15) is 18.0 Å². The van der Waals surface area contributed by atoms with Gasteiger partial charge in [-0.05, 0) is 12.8 Å². The van der Waals surface area contributed by atoms with Crippen LogP contribution in [0.4, 0.5) is 13.2 Å². The van der Waals surface area contributed by atoms with Crippen LogP contribution in [-0.4, -0.2) is 60.5 Å². The van der Waals surface area contributed by atoms with Crippen LogP contribution in [0, 0.1) is 0 Å². The highest BCUT2D eigenvalue weighted by Gasteiger charge is 2.33. The second kappa shape index (κ2) is 5.57. The number of halogens is 3. The van der Waals surface area contributed by atoms with Crippen molar-refractivity contribution in [2.45, 2.75) is 37.9 Å². The normalized spacial score (nSPS) is 25.6. The van der Waals surface area contributed by atoms with E-state index in [4.69, 9.17) is 0 Å². The van der Waals surface area contributed by atoms with Crippen LogP contribution in [0.25, 0.3) is 0 Å². The lowest BCUT2D eigenvalue weighted by Crippen LogP contribution is -2.52. The number of ketones is 1. The lowest BCUT2D eigenvalue weighted by atomic mass is 9.93. The van der Waals surface area contributed by atoms with Crippen LogP contribution in [0.2, 0.25) is 0 Å². The second-order valence-corrected chi connectivity index (χ2v) is 5.20. The molecule has 1 aliphatic heterocycles. The Bertz CT molecular complexity index is 288. The number of carbonyl (C=O) groups excluding carboxylic acids is 1. The molecule has 0 N–H and O–H groups in total. The molecule has 104 valence electrons. The van der Waals surface area contributed by atoms with Crippen molar-refractivity contribution in [1.29, 1.82) is 0 Å². The average Bonchev–Trinajstić information content (AvgIpc) is 2.29. The van der Waals surface area contributed by atoms with Crippen LogP contribution in [0.3, 0.4) is 0 Å². The van der Waals surface area contributed by atoms with Crippen LogP contribution >= 0.6 is 0 Å². The number of piperazine rings is 1. The van der Waals surface area contributed by atoms with Gasteiger partial charge in [0.05, 0.1) is 6.54 Å². The monoisotopic (exact) mass is 264 g/mol. The van der Waals surface area contributed by atoms with E-state index in [2.05, 4.69) is 4.90 Å². The highest BCUT2D eigenvalue weighted by molar-refractivity contribution is 5.79. The van der Waals surface area contributed by atoms with E-state index in [1.165, 1.54) is 4.90 Å². The van der Waals surface area contributed by atoms with Crippen molar-refractivity contribution in [2.24, 2.45) is 0 Å². The molecule has 1 saturated heterocycles. The fraction of sp³-hybridized carbons (Fsp3) is 0.917. The molecule has 0 bridgehead atoms. The van der Waals surface area contributed by atoms with Gasteiger partial charge in [-0.2, -0.15) is 13.2 Å². The lowest BCUT2D eigenvalue weighted by molar-refractivity contribution is -0.150. The van der Waals surface area contributed by atoms with Gasteiger partial charge >= 0.3 is 6.18 Å². The van der Waals surface area contributed by atoms with Gasteiger partial charge in [-0.1, -0.05) is 0 Å². The fourth-order valence-electron chi connectivity index (χ4n) is 2.83. The van der Waals surface area contributed by atoms with Crippen molar-refractivity contribution < 1.29 is 18.0 Å². The predicted octanol–water partition coefficient (Wildman–Crippen LogP) is 1.68. The number of Topliss-reactive ketones (excluding diaryl/α,β-unsaturated/α-hetero) is 1. The molecule has 2 aliphatic rings. The summed E-state index contributed by atoms with van der Waals surface area (Å²) in [5.74, 6) is 0.321. The molecule has 2 fully saturated rings. The topological polar surface area (TPSA) is 23.6 Å². The first-order valence-electron chi connectivity index (χ1n) is 6.49. The first-order valence-corrected chi connectivity index (χ1v) is 6.49. The average molecular weight is 264 g/mol. The van der Waals surface area contributed by atoms with E-state index in [1.54, 1.807) is 0 Å². The number of carbonyl (C=O) groups is 1. The molecule has 0 unspecified atom stereocenters. The summed E-state index contributed by atoms with van der Waals surface area (Å²) in [6.45, 7) is 1.53. The molecular weight excluding hydrogens is 245 g/mol. The largest absolute Gasteiger partial charge is 0.401 e. The number of hydrogen-bond acceptors (Lipinski definition) is 3. The maximum absolute atomic E-state index is 12.2. The molecule has 0 radical (unpaired) electrons. The number of hydrogen-bond donors (Lipinski definition) is 0. The van der Waals surface area contributed by atoms with Crippen molar-refractivity contribution in [3.05, 3.63) is 0 Å². The Morgan fingerprint density at radius 1 is 1.06 bits per heavy atom. The molecule has 1 aliphatic carbocycles. The van der Waals surface area contributed by atoms with Gasteiger partial charge in [0.25, 0.3) is 0 Å². The molecule has 0 aromatic rings. The Kier molecular flexibility index (Phi) is 4.27. The molecule has 0 aromatic carbocycles. The highest BCUT2D eigenvalue weighted by atomic mass is 19.4. The van der Waals surface area contributed by atoms with E-state index in [1.807, 2.05) is 0 Å². The minimum absolute atomic E-state index is 0.321. The molecule has 18 heavy (non-hydrogen) atoms. The van der Waals surface area contributed by atoms with E-state index in [0.717, 1.165) is 12.8 Å². The molecule has 0 spiro atoms. The maximum Gasteiger partial charge on any atom is 0.401 e. The Hall–Kier alpha value is -0.620. The summed E-state index contributed by atoms with van der Waals surface area (Å²) in [5, 5.41) is 0. The zero-order chi connectivity index (χ0) is 13.2. The molecule has 6 heteroatoms. The summed E-state index contributed by atoms with van der Waals surface area (Å²) in [6, 6.07) is 0.399. The summed E-state index contributed by atoms with van der Waals surface area (Å²) >= 11 is 0. The highest BCUT2D eigenvalue weighted by Crippen LogP contribution is 2.23. The molecule has 0 atom stereocenters. The molecular formula is C12H19F3N2O. The Morgan fingerprint density at radius 2 is 1.61 bits per heavy atom. The van der Waals surface area contributed by atoms with Gasteiger partial charge in [0.15, 0.2) is 0 Å². The molecule has 1 heterocycles. The second-order valence-electron chi connectivity index (χ2n) is 5.20. The lowest BCUT2D eigenvalue weighted by Gasteiger charge is -2.40. The molecule has 3 nitrogen and oxygen atoms in total. The third-order valence-corrected chi connectivity index (χ3v) is 3.84. The van der Waals surface area contributed by atoms with Crippen LogP contribution < -0.4 is 0 Å². The molecule has 0 amide bonds. The summed E-state index contributed by atoms with van der Waals surface area (Å²) < 4.78 is 36.7. The van der Waals surface area contributed by atoms with Gasteiger partial charge in [-0.3, -0.25) is 14.6 Å². The minimum atomic E-state index is -4.10. The Balaban J connectivity index is 1.75. The first-order chi connectivity index (χ1) is 8.44. The SMILES string of the molecule is O=C1CCC(N2CCN(CC(F)(F)F)CC2)CC1. The number of nitrogens with zero attached hydrogens (tertiary/aromatic N) is 2. The van der Waals surface area contributed by atoms with Gasteiger partial charge < -0.3 is 0 Å². The number of alkyl halides is 3. The van der Waals surface area contributed by atoms with Gasteiger partial charge in [-0.25, -0.2) is 0 Å². The summed E-state index contributed by atoms with van der Waals surface area (Å²) in [6.07, 6.45) is -1.09. The smallest absolute Gasteiger partial charge is 0.300 e. The third kappa shape index (κ3) is 3.95. The predicted molar refractivity (Wildman–Crippen MR) is 61.3 cm³/mol. The summed E-state index contributed by atoms with van der Waals surface area (Å²) in [7, 11) is 0. The molecule has 0 aromatic heterocycles. The van der Waals surface area contributed by atoms with Crippen LogP contribution in [-0.2, 0) is 4.79 Å². The van der Waals surface area contributed by atoms with Crippen LogP contribution in [0.15, 0.2) is 0 Å². The molecule has 2 rings (SSSR count).